The third-order valence-corrected chi connectivity index (χ3v) is 5.51. The molecule has 10 heteroatoms. The fourth-order valence-electron chi connectivity index (χ4n) is 3.54. The molecule has 1 N–H and O–H groups in total. The van der Waals surface area contributed by atoms with Gasteiger partial charge in [-0.1, -0.05) is 90.4 Å². The SMILES string of the molecule is CCCCCCCCCCCCCCCC[C@@H](OC(=O)C(F)(F)F)[C@H](C)NC(=O)C(F)(F)F. The van der Waals surface area contributed by atoms with Gasteiger partial charge in [0.15, 0.2) is 0 Å². The first kappa shape index (κ1) is 31.5. The molecule has 0 spiro atoms. The van der Waals surface area contributed by atoms with Crippen LogP contribution in [0.5, 0.6) is 0 Å². The number of alkyl halides is 6. The van der Waals surface area contributed by atoms with Gasteiger partial charge in [0, 0.05) is 0 Å². The molecule has 0 fully saturated rings. The number of carbonyl (C=O) groups is 2. The van der Waals surface area contributed by atoms with E-state index in [9.17, 15) is 35.9 Å². The highest BCUT2D eigenvalue weighted by Crippen LogP contribution is 2.22. The molecule has 196 valence electrons. The summed E-state index contributed by atoms with van der Waals surface area (Å²) >= 11 is 0. The van der Waals surface area contributed by atoms with E-state index in [0.29, 0.717) is 12.8 Å². The number of hydrogen-bond acceptors (Lipinski definition) is 3. The van der Waals surface area contributed by atoms with Crippen molar-refractivity contribution < 1.29 is 40.7 Å². The number of ether oxygens (including phenoxy) is 1. The van der Waals surface area contributed by atoms with Gasteiger partial charge in [0.1, 0.15) is 6.10 Å². The molecule has 2 atom stereocenters. The average Bonchev–Trinajstić information content (AvgIpc) is 2.71. The van der Waals surface area contributed by atoms with Crippen LogP contribution in [0.25, 0.3) is 0 Å². The Morgan fingerprint density at radius 1 is 0.697 bits per heavy atom. The quantitative estimate of drug-likeness (QED) is 0.123. The summed E-state index contributed by atoms with van der Waals surface area (Å²) in [5, 5.41) is 1.57. The van der Waals surface area contributed by atoms with Gasteiger partial charge in [-0.05, 0) is 19.8 Å². The van der Waals surface area contributed by atoms with Crippen LogP contribution in [0, 0.1) is 0 Å². The molecule has 0 radical (unpaired) electrons. The minimum Gasteiger partial charge on any atom is -0.454 e. The van der Waals surface area contributed by atoms with Gasteiger partial charge in [-0.2, -0.15) is 26.3 Å². The lowest BCUT2D eigenvalue weighted by Gasteiger charge is -2.26. The van der Waals surface area contributed by atoms with Crippen molar-refractivity contribution in [2.45, 2.75) is 135 Å². The van der Waals surface area contributed by atoms with E-state index in [1.807, 2.05) is 0 Å². The maximum Gasteiger partial charge on any atom is 0.490 e. The van der Waals surface area contributed by atoms with Gasteiger partial charge in [-0.25, -0.2) is 4.79 Å². The highest BCUT2D eigenvalue weighted by atomic mass is 19.4. The molecule has 0 aliphatic carbocycles. The lowest BCUT2D eigenvalue weighted by molar-refractivity contribution is -0.206. The average molecular weight is 492 g/mol. The van der Waals surface area contributed by atoms with Crippen molar-refractivity contribution in [1.29, 1.82) is 0 Å². The molecule has 4 nitrogen and oxygen atoms in total. The Balaban J connectivity index is 4.16. The molecule has 0 aromatic rings. The summed E-state index contributed by atoms with van der Waals surface area (Å²) in [5.41, 5.74) is 0. The van der Waals surface area contributed by atoms with E-state index >= 15 is 0 Å². The normalized spacial score (nSPS) is 14.1. The number of amides is 1. The summed E-state index contributed by atoms with van der Waals surface area (Å²) in [4.78, 5) is 22.2. The summed E-state index contributed by atoms with van der Waals surface area (Å²) in [5.74, 6) is -4.77. The third-order valence-electron chi connectivity index (χ3n) is 5.51. The lowest BCUT2D eigenvalue weighted by Crippen LogP contribution is -2.49. The molecule has 0 aromatic carbocycles. The minimum absolute atomic E-state index is 0.0703. The van der Waals surface area contributed by atoms with E-state index in [1.54, 1.807) is 5.32 Å². The number of hydrogen-bond donors (Lipinski definition) is 1. The van der Waals surface area contributed by atoms with Crippen molar-refractivity contribution in [2.24, 2.45) is 0 Å². The Kier molecular flexibility index (Phi) is 16.3. The first-order chi connectivity index (χ1) is 15.4. The van der Waals surface area contributed by atoms with E-state index in [4.69, 9.17) is 0 Å². The van der Waals surface area contributed by atoms with Crippen LogP contribution in [-0.2, 0) is 14.3 Å². The predicted molar refractivity (Wildman–Crippen MR) is 115 cm³/mol. The molecule has 0 aliphatic heterocycles. The summed E-state index contributed by atoms with van der Waals surface area (Å²) in [6, 6.07) is -1.41. The monoisotopic (exact) mass is 491 g/mol. The Bertz CT molecular complexity index is 537. The first-order valence-corrected chi connectivity index (χ1v) is 12.0. The molecule has 0 saturated heterocycles. The second kappa shape index (κ2) is 17.0. The van der Waals surface area contributed by atoms with Gasteiger partial charge in [-0.15, -0.1) is 0 Å². The smallest absolute Gasteiger partial charge is 0.454 e. The standard InChI is InChI=1S/C23H39F6NO3/c1-3-4-5-6-7-8-9-10-11-12-13-14-15-16-17-19(33-21(32)23(27,28)29)18(2)30-20(31)22(24,25)26/h18-19H,3-17H2,1-2H3,(H,30,31)/t18-,19+/m0/s1. The highest BCUT2D eigenvalue weighted by molar-refractivity contribution is 5.82. The molecule has 0 rings (SSSR count). The summed E-state index contributed by atoms with van der Waals surface area (Å²) in [6.45, 7) is 3.28. The van der Waals surface area contributed by atoms with E-state index in [-0.39, 0.29) is 6.42 Å². The largest absolute Gasteiger partial charge is 0.490 e. The van der Waals surface area contributed by atoms with Crippen molar-refractivity contribution >= 4 is 11.9 Å². The van der Waals surface area contributed by atoms with Crippen molar-refractivity contribution in [3.05, 3.63) is 0 Å². The maximum absolute atomic E-state index is 12.5. The molecular formula is C23H39F6NO3. The molecular weight excluding hydrogens is 452 g/mol. The highest BCUT2D eigenvalue weighted by Gasteiger charge is 2.44. The minimum atomic E-state index is -5.26. The van der Waals surface area contributed by atoms with Crippen LogP contribution in [-0.4, -0.2) is 36.4 Å². The number of rotatable bonds is 18. The second-order valence-corrected chi connectivity index (χ2v) is 8.59. The molecule has 0 aliphatic rings. The van der Waals surface area contributed by atoms with Crippen LogP contribution in [0.1, 0.15) is 110 Å². The Labute approximate surface area is 193 Å². The van der Waals surface area contributed by atoms with Crippen molar-refractivity contribution in [1.82, 2.24) is 5.32 Å². The van der Waals surface area contributed by atoms with Crippen LogP contribution in [0.4, 0.5) is 26.3 Å². The van der Waals surface area contributed by atoms with Crippen molar-refractivity contribution in [3.63, 3.8) is 0 Å². The molecule has 0 aromatic heterocycles. The van der Waals surface area contributed by atoms with Crippen LogP contribution in [0.15, 0.2) is 0 Å². The topological polar surface area (TPSA) is 55.4 Å². The molecule has 0 bridgehead atoms. The van der Waals surface area contributed by atoms with E-state index in [2.05, 4.69) is 11.7 Å². The predicted octanol–water partition coefficient (Wildman–Crippen LogP) is 7.40. The fraction of sp³-hybridized carbons (Fsp3) is 0.913. The van der Waals surface area contributed by atoms with Crippen LogP contribution in [0.3, 0.4) is 0 Å². The zero-order valence-corrected chi connectivity index (χ0v) is 19.8. The van der Waals surface area contributed by atoms with Gasteiger partial charge in [0.25, 0.3) is 0 Å². The number of carbonyl (C=O) groups excluding carboxylic acids is 2. The summed E-state index contributed by atoms with van der Waals surface area (Å²) < 4.78 is 79.1. The number of esters is 1. The van der Waals surface area contributed by atoms with Crippen LogP contribution >= 0.6 is 0 Å². The van der Waals surface area contributed by atoms with E-state index in [0.717, 1.165) is 32.6 Å². The molecule has 0 unspecified atom stereocenters. The lowest BCUT2D eigenvalue weighted by atomic mass is 10.0. The van der Waals surface area contributed by atoms with E-state index < -0.39 is 36.4 Å². The number of unbranched alkanes of at least 4 members (excludes halogenated alkanes) is 13. The second-order valence-electron chi connectivity index (χ2n) is 8.59. The Morgan fingerprint density at radius 2 is 1.09 bits per heavy atom. The summed E-state index contributed by atoms with van der Waals surface area (Å²) in [6.07, 6.45) is 3.08. The summed E-state index contributed by atoms with van der Waals surface area (Å²) in [7, 11) is 0. The zero-order chi connectivity index (χ0) is 25.3. The fourth-order valence-corrected chi connectivity index (χ4v) is 3.54. The van der Waals surface area contributed by atoms with E-state index in [1.165, 1.54) is 51.4 Å². The maximum atomic E-state index is 12.5. The van der Waals surface area contributed by atoms with Crippen LogP contribution in [0.2, 0.25) is 0 Å². The molecule has 0 saturated carbocycles. The van der Waals surface area contributed by atoms with Gasteiger partial charge < -0.3 is 10.1 Å². The first-order valence-electron chi connectivity index (χ1n) is 12.0. The number of nitrogens with one attached hydrogen (secondary N) is 1. The van der Waals surface area contributed by atoms with Crippen molar-refractivity contribution in [2.75, 3.05) is 0 Å². The van der Waals surface area contributed by atoms with Gasteiger partial charge in [0.05, 0.1) is 6.04 Å². The molecule has 0 heterocycles. The van der Waals surface area contributed by atoms with Crippen molar-refractivity contribution in [3.8, 4) is 0 Å². The van der Waals surface area contributed by atoms with Gasteiger partial charge in [-0.3, -0.25) is 4.79 Å². The van der Waals surface area contributed by atoms with Gasteiger partial charge in [0.2, 0.25) is 0 Å². The van der Waals surface area contributed by atoms with Crippen LogP contribution < -0.4 is 5.32 Å². The molecule has 1 amide bonds. The Morgan fingerprint density at radius 3 is 1.45 bits per heavy atom. The Hall–Kier alpha value is -1.48. The third kappa shape index (κ3) is 16.7. The molecule has 33 heavy (non-hydrogen) atoms. The zero-order valence-electron chi connectivity index (χ0n) is 19.8. The number of halogens is 6. The van der Waals surface area contributed by atoms with Gasteiger partial charge >= 0.3 is 24.2 Å².